The molecule has 1 aromatic rings. The second-order valence-corrected chi connectivity index (χ2v) is 7.52. The molecular formula is C18H25NO3. The molecule has 0 radical (unpaired) electrons. The fourth-order valence-electron chi connectivity index (χ4n) is 1.96. The Morgan fingerprint density at radius 3 is 1.59 bits per heavy atom. The third-order valence-corrected chi connectivity index (χ3v) is 3.31. The van der Waals surface area contributed by atoms with Crippen molar-refractivity contribution in [3.8, 4) is 0 Å². The highest BCUT2D eigenvalue weighted by Gasteiger charge is 2.43. The topological polar surface area (TPSA) is 63.2 Å². The van der Waals surface area contributed by atoms with E-state index in [1.165, 1.54) is 0 Å². The zero-order chi connectivity index (χ0) is 17.1. The molecule has 1 N–H and O–H groups in total. The van der Waals surface area contributed by atoms with Gasteiger partial charge < -0.3 is 5.32 Å². The molecule has 22 heavy (non-hydrogen) atoms. The molecule has 1 aromatic carbocycles. The summed E-state index contributed by atoms with van der Waals surface area (Å²) in [5.41, 5.74) is -0.958. The lowest BCUT2D eigenvalue weighted by Crippen LogP contribution is -2.45. The van der Waals surface area contributed by atoms with Crippen molar-refractivity contribution in [2.45, 2.75) is 41.5 Å². The van der Waals surface area contributed by atoms with Gasteiger partial charge in [0.05, 0.1) is 0 Å². The van der Waals surface area contributed by atoms with Gasteiger partial charge in [0.1, 0.15) is 0 Å². The first kappa shape index (κ1) is 18.1. The predicted octanol–water partition coefficient (Wildman–Crippen LogP) is 3.47. The summed E-state index contributed by atoms with van der Waals surface area (Å²) in [6.45, 7) is 10.3. The van der Waals surface area contributed by atoms with Crippen LogP contribution < -0.4 is 5.32 Å². The highest BCUT2D eigenvalue weighted by atomic mass is 16.2. The van der Waals surface area contributed by atoms with Gasteiger partial charge in [0.15, 0.2) is 17.5 Å². The number of carbonyl (C=O) groups is 3. The first-order valence-electron chi connectivity index (χ1n) is 7.39. The Hall–Kier alpha value is -1.97. The lowest BCUT2D eigenvalue weighted by Gasteiger charge is -2.28. The zero-order valence-corrected chi connectivity index (χ0v) is 14.2. The first-order valence-corrected chi connectivity index (χ1v) is 7.39. The van der Waals surface area contributed by atoms with Crippen LogP contribution in [0.1, 0.15) is 41.5 Å². The number of para-hydroxylation sites is 1. The molecule has 0 aliphatic heterocycles. The average molecular weight is 303 g/mol. The van der Waals surface area contributed by atoms with Gasteiger partial charge in [0, 0.05) is 16.5 Å². The Labute approximate surface area is 132 Å². The maximum atomic E-state index is 12.6. The summed E-state index contributed by atoms with van der Waals surface area (Å²) >= 11 is 0. The van der Waals surface area contributed by atoms with E-state index >= 15 is 0 Å². The van der Waals surface area contributed by atoms with Gasteiger partial charge in [-0.25, -0.2) is 0 Å². The lowest BCUT2D eigenvalue weighted by atomic mass is 9.74. The Kier molecular flexibility index (Phi) is 5.28. The minimum atomic E-state index is -1.29. The molecule has 1 amide bonds. The van der Waals surface area contributed by atoms with Crippen LogP contribution in [-0.4, -0.2) is 17.5 Å². The van der Waals surface area contributed by atoms with E-state index < -0.39 is 22.7 Å². The number of nitrogens with one attached hydrogen (secondary N) is 1. The van der Waals surface area contributed by atoms with Crippen molar-refractivity contribution >= 4 is 23.2 Å². The molecule has 4 nitrogen and oxygen atoms in total. The molecule has 0 aromatic heterocycles. The minimum Gasteiger partial charge on any atom is -0.325 e. The van der Waals surface area contributed by atoms with E-state index in [1.807, 2.05) is 6.07 Å². The van der Waals surface area contributed by atoms with Crippen LogP contribution in [0.25, 0.3) is 0 Å². The number of hydrogen-bond acceptors (Lipinski definition) is 3. The molecule has 4 heteroatoms. The highest BCUT2D eigenvalue weighted by molar-refractivity contribution is 6.23. The third kappa shape index (κ3) is 4.52. The summed E-state index contributed by atoms with van der Waals surface area (Å²) in [5.74, 6) is -2.58. The number of hydrogen-bond donors (Lipinski definition) is 1. The Morgan fingerprint density at radius 2 is 1.23 bits per heavy atom. The molecule has 0 unspecified atom stereocenters. The van der Waals surface area contributed by atoms with E-state index in [9.17, 15) is 14.4 Å². The molecule has 0 saturated heterocycles. The number of anilines is 1. The fourth-order valence-corrected chi connectivity index (χ4v) is 1.96. The number of rotatable bonds is 4. The average Bonchev–Trinajstić information content (AvgIpc) is 2.37. The second kappa shape index (κ2) is 6.42. The Bertz CT molecular complexity index is 536. The van der Waals surface area contributed by atoms with E-state index in [-0.39, 0.29) is 11.6 Å². The molecule has 0 atom stereocenters. The number of benzene rings is 1. The summed E-state index contributed by atoms with van der Waals surface area (Å²) in [6.07, 6.45) is 0. The van der Waals surface area contributed by atoms with Crippen LogP contribution in [0.4, 0.5) is 5.69 Å². The summed E-state index contributed by atoms with van der Waals surface area (Å²) in [7, 11) is 0. The van der Waals surface area contributed by atoms with Crippen molar-refractivity contribution in [3.05, 3.63) is 30.3 Å². The quantitative estimate of drug-likeness (QED) is 0.866. The van der Waals surface area contributed by atoms with Gasteiger partial charge in [-0.05, 0) is 12.1 Å². The van der Waals surface area contributed by atoms with Gasteiger partial charge in [0.2, 0.25) is 5.91 Å². The third-order valence-electron chi connectivity index (χ3n) is 3.31. The van der Waals surface area contributed by atoms with Crippen LogP contribution in [0.15, 0.2) is 30.3 Å². The van der Waals surface area contributed by atoms with Gasteiger partial charge in [0.25, 0.3) is 0 Å². The molecule has 0 bridgehead atoms. The van der Waals surface area contributed by atoms with Crippen LogP contribution >= 0.6 is 0 Å². The largest absolute Gasteiger partial charge is 0.325 e. The first-order chi connectivity index (χ1) is 9.94. The van der Waals surface area contributed by atoms with E-state index in [0.29, 0.717) is 5.69 Å². The van der Waals surface area contributed by atoms with Gasteiger partial charge in [-0.15, -0.1) is 0 Å². The summed E-state index contributed by atoms with van der Waals surface area (Å²) in [5, 5.41) is 2.67. The standard InChI is InChI=1S/C18H25NO3/c1-17(2,3)14(20)13(15(21)18(4,5)6)16(22)19-12-10-8-7-9-11-12/h7-11,13H,1-6H3,(H,19,22). The van der Waals surface area contributed by atoms with E-state index in [0.717, 1.165) is 0 Å². The summed E-state index contributed by atoms with van der Waals surface area (Å²) in [6, 6.07) is 8.83. The molecule has 0 saturated carbocycles. The van der Waals surface area contributed by atoms with Crippen molar-refractivity contribution in [2.75, 3.05) is 5.32 Å². The minimum absolute atomic E-state index is 0.360. The SMILES string of the molecule is CC(C)(C)C(=O)C(C(=O)Nc1ccccc1)C(=O)C(C)(C)C. The molecule has 0 fully saturated rings. The van der Waals surface area contributed by atoms with Crippen molar-refractivity contribution in [2.24, 2.45) is 16.7 Å². The molecule has 0 spiro atoms. The Balaban J connectivity index is 3.13. The van der Waals surface area contributed by atoms with E-state index in [1.54, 1.807) is 65.8 Å². The molecular weight excluding hydrogens is 278 g/mol. The van der Waals surface area contributed by atoms with Gasteiger partial charge in [-0.1, -0.05) is 59.7 Å². The molecule has 0 heterocycles. The highest BCUT2D eigenvalue weighted by Crippen LogP contribution is 2.28. The van der Waals surface area contributed by atoms with Crippen molar-refractivity contribution in [1.82, 2.24) is 0 Å². The van der Waals surface area contributed by atoms with Crippen molar-refractivity contribution in [1.29, 1.82) is 0 Å². The Morgan fingerprint density at radius 1 is 0.818 bits per heavy atom. The van der Waals surface area contributed by atoms with Crippen LogP contribution in [0, 0.1) is 16.7 Å². The summed E-state index contributed by atoms with van der Waals surface area (Å²) < 4.78 is 0. The number of ketones is 2. The van der Waals surface area contributed by atoms with E-state index in [2.05, 4.69) is 5.32 Å². The van der Waals surface area contributed by atoms with Gasteiger partial charge >= 0.3 is 0 Å². The number of carbonyl (C=O) groups excluding carboxylic acids is 3. The van der Waals surface area contributed by atoms with Crippen LogP contribution in [0.3, 0.4) is 0 Å². The van der Waals surface area contributed by atoms with Crippen LogP contribution in [-0.2, 0) is 14.4 Å². The molecule has 1 rings (SSSR count). The van der Waals surface area contributed by atoms with Crippen LogP contribution in [0.5, 0.6) is 0 Å². The fraction of sp³-hybridized carbons (Fsp3) is 0.500. The van der Waals surface area contributed by atoms with Gasteiger partial charge in [-0.3, -0.25) is 14.4 Å². The van der Waals surface area contributed by atoms with Crippen molar-refractivity contribution in [3.63, 3.8) is 0 Å². The smallest absolute Gasteiger partial charge is 0.242 e. The lowest BCUT2D eigenvalue weighted by molar-refractivity contribution is -0.146. The maximum absolute atomic E-state index is 12.6. The van der Waals surface area contributed by atoms with Crippen molar-refractivity contribution < 1.29 is 14.4 Å². The monoisotopic (exact) mass is 303 g/mol. The number of Topliss-reactive ketones (excluding diaryl/α,β-unsaturated/α-hetero) is 2. The molecule has 0 aliphatic rings. The normalized spacial score (nSPS) is 12.1. The molecule has 0 aliphatic carbocycles. The zero-order valence-electron chi connectivity index (χ0n) is 14.2. The number of amides is 1. The van der Waals surface area contributed by atoms with Gasteiger partial charge in [-0.2, -0.15) is 0 Å². The molecule has 120 valence electrons. The predicted molar refractivity (Wildman–Crippen MR) is 87.5 cm³/mol. The maximum Gasteiger partial charge on any atom is 0.242 e. The van der Waals surface area contributed by atoms with Crippen LogP contribution in [0.2, 0.25) is 0 Å². The second-order valence-electron chi connectivity index (χ2n) is 7.52. The summed E-state index contributed by atoms with van der Waals surface area (Å²) in [4.78, 5) is 37.7. The van der Waals surface area contributed by atoms with E-state index in [4.69, 9.17) is 0 Å².